The molecule has 1 heterocycles. The van der Waals surface area contributed by atoms with Crippen LogP contribution in [-0.4, -0.2) is 30.7 Å². The van der Waals surface area contributed by atoms with E-state index in [0.717, 1.165) is 49.6 Å². The van der Waals surface area contributed by atoms with Gasteiger partial charge in [-0.2, -0.15) is 0 Å². The smallest absolute Gasteiger partial charge is 0.191 e. The highest BCUT2D eigenvalue weighted by Crippen LogP contribution is 2.22. The summed E-state index contributed by atoms with van der Waals surface area (Å²) in [5.41, 5.74) is 3.13. The number of aliphatic imine (C=N–C) groups is 1. The fourth-order valence-electron chi connectivity index (χ4n) is 2.17. The molecule has 0 bridgehead atoms. The molecule has 0 aliphatic carbocycles. The summed E-state index contributed by atoms with van der Waals surface area (Å²) in [6.45, 7) is 6.64. The van der Waals surface area contributed by atoms with E-state index in [9.17, 15) is 5.11 Å². The van der Waals surface area contributed by atoms with E-state index in [1.165, 1.54) is 5.56 Å². The van der Waals surface area contributed by atoms with E-state index in [1.807, 2.05) is 26.0 Å². The van der Waals surface area contributed by atoms with Gasteiger partial charge in [-0.25, -0.2) is 0 Å². The molecule has 0 amide bonds. The molecule has 0 unspecified atom stereocenters. The number of guanidine groups is 1. The number of nitrogens with zero attached hydrogens (tertiary/aromatic N) is 1. The lowest BCUT2D eigenvalue weighted by molar-refractivity contribution is 0.466. The van der Waals surface area contributed by atoms with Crippen LogP contribution in [0, 0.1) is 13.8 Å². The van der Waals surface area contributed by atoms with Crippen LogP contribution < -0.4 is 10.6 Å². The van der Waals surface area contributed by atoms with Gasteiger partial charge in [-0.1, -0.05) is 12.1 Å². The average Bonchev–Trinajstić information content (AvgIpc) is 2.37. The summed E-state index contributed by atoms with van der Waals surface area (Å²) in [6.07, 6.45) is 2.05. The minimum Gasteiger partial charge on any atom is -0.507 e. The van der Waals surface area contributed by atoms with Gasteiger partial charge in [-0.15, -0.1) is 0 Å². The Hall–Kier alpha value is -1.71. The summed E-state index contributed by atoms with van der Waals surface area (Å²) in [6, 6.07) is 4.08. The lowest BCUT2D eigenvalue weighted by atomic mass is 10.0. The Morgan fingerprint density at radius 3 is 2.67 bits per heavy atom. The summed E-state index contributed by atoms with van der Waals surface area (Å²) in [7, 11) is 0. The number of phenols is 1. The maximum atomic E-state index is 9.72. The largest absolute Gasteiger partial charge is 0.507 e. The number of phenolic OH excluding ortho intramolecular Hbond substituents is 1. The van der Waals surface area contributed by atoms with Gasteiger partial charge in [0.1, 0.15) is 5.75 Å². The molecule has 98 valence electrons. The van der Waals surface area contributed by atoms with Crippen LogP contribution in [0.15, 0.2) is 17.1 Å². The molecule has 1 aliphatic rings. The molecule has 18 heavy (non-hydrogen) atoms. The number of aryl methyl sites for hydroxylation is 2. The Balaban J connectivity index is 1.88. The normalized spacial score (nSPS) is 14.9. The number of benzene rings is 1. The number of aromatic hydroxyl groups is 1. The van der Waals surface area contributed by atoms with E-state index >= 15 is 0 Å². The molecule has 4 nitrogen and oxygen atoms in total. The second-order valence-electron chi connectivity index (χ2n) is 4.77. The molecule has 0 saturated carbocycles. The Morgan fingerprint density at radius 1 is 1.33 bits per heavy atom. The van der Waals surface area contributed by atoms with Gasteiger partial charge in [-0.05, 0) is 43.4 Å². The molecule has 4 heteroatoms. The average molecular weight is 247 g/mol. The van der Waals surface area contributed by atoms with Crippen molar-refractivity contribution in [1.29, 1.82) is 0 Å². The summed E-state index contributed by atoms with van der Waals surface area (Å²) < 4.78 is 0. The maximum absolute atomic E-state index is 9.72. The summed E-state index contributed by atoms with van der Waals surface area (Å²) in [4.78, 5) is 4.36. The van der Waals surface area contributed by atoms with Crippen LogP contribution >= 0.6 is 0 Å². The molecule has 2 rings (SSSR count). The molecule has 0 saturated heterocycles. The monoisotopic (exact) mass is 247 g/mol. The topological polar surface area (TPSA) is 56.7 Å². The fraction of sp³-hybridized carbons (Fsp3) is 0.500. The quantitative estimate of drug-likeness (QED) is 0.758. The molecule has 0 atom stereocenters. The third-order valence-electron chi connectivity index (χ3n) is 3.15. The molecule has 3 N–H and O–H groups in total. The Morgan fingerprint density at radius 2 is 2.06 bits per heavy atom. The zero-order valence-corrected chi connectivity index (χ0v) is 11.1. The molecular formula is C14H21N3O. The highest BCUT2D eigenvalue weighted by molar-refractivity contribution is 5.80. The first-order valence-electron chi connectivity index (χ1n) is 6.48. The summed E-state index contributed by atoms with van der Waals surface area (Å²) in [5, 5.41) is 16.3. The van der Waals surface area contributed by atoms with Gasteiger partial charge in [0.25, 0.3) is 0 Å². The van der Waals surface area contributed by atoms with Crippen molar-refractivity contribution in [3.63, 3.8) is 0 Å². The van der Waals surface area contributed by atoms with Crippen molar-refractivity contribution < 1.29 is 5.11 Å². The van der Waals surface area contributed by atoms with E-state index in [0.29, 0.717) is 5.75 Å². The molecule has 1 aromatic rings. The highest BCUT2D eigenvalue weighted by atomic mass is 16.3. The molecule has 0 fully saturated rings. The summed E-state index contributed by atoms with van der Waals surface area (Å²) >= 11 is 0. The maximum Gasteiger partial charge on any atom is 0.191 e. The van der Waals surface area contributed by atoms with Gasteiger partial charge in [0.15, 0.2) is 5.96 Å². The number of hydrogen-bond donors (Lipinski definition) is 3. The van der Waals surface area contributed by atoms with Gasteiger partial charge >= 0.3 is 0 Å². The van der Waals surface area contributed by atoms with Crippen molar-refractivity contribution >= 4 is 5.96 Å². The van der Waals surface area contributed by atoms with Crippen molar-refractivity contribution in [2.24, 2.45) is 4.99 Å². The predicted octanol–water partition coefficient (Wildman–Crippen LogP) is 1.49. The second-order valence-corrected chi connectivity index (χ2v) is 4.77. The molecular weight excluding hydrogens is 226 g/mol. The number of rotatable bonds is 3. The third kappa shape index (κ3) is 3.15. The first-order chi connectivity index (χ1) is 8.66. The summed E-state index contributed by atoms with van der Waals surface area (Å²) in [5.74, 6) is 1.32. The lowest BCUT2D eigenvalue weighted by Crippen LogP contribution is -2.41. The van der Waals surface area contributed by atoms with Crippen molar-refractivity contribution in [2.45, 2.75) is 26.7 Å². The molecule has 1 aliphatic heterocycles. The van der Waals surface area contributed by atoms with E-state index in [2.05, 4.69) is 15.6 Å². The molecule has 0 spiro atoms. The number of nitrogens with one attached hydrogen (secondary N) is 2. The van der Waals surface area contributed by atoms with Gasteiger partial charge in [0, 0.05) is 19.6 Å². The minimum atomic E-state index is 0.407. The first kappa shape index (κ1) is 12.7. The molecule has 1 aromatic carbocycles. The SMILES string of the molecule is Cc1cc(CCNC2=NCCCN2)cc(C)c1O. The number of hydrogen-bond acceptors (Lipinski definition) is 4. The van der Waals surface area contributed by atoms with Crippen LogP contribution in [0.2, 0.25) is 0 Å². The van der Waals surface area contributed by atoms with Crippen molar-refractivity contribution in [3.8, 4) is 5.75 Å². The van der Waals surface area contributed by atoms with Crippen LogP contribution in [0.25, 0.3) is 0 Å². The first-order valence-corrected chi connectivity index (χ1v) is 6.48. The van der Waals surface area contributed by atoms with Gasteiger partial charge in [0.2, 0.25) is 0 Å². The van der Waals surface area contributed by atoms with Crippen LogP contribution in [-0.2, 0) is 6.42 Å². The van der Waals surface area contributed by atoms with Gasteiger partial charge in [-0.3, -0.25) is 4.99 Å². The highest BCUT2D eigenvalue weighted by Gasteiger charge is 2.05. The van der Waals surface area contributed by atoms with E-state index in [1.54, 1.807) is 0 Å². The second kappa shape index (κ2) is 5.76. The van der Waals surface area contributed by atoms with E-state index < -0.39 is 0 Å². The van der Waals surface area contributed by atoms with E-state index in [-0.39, 0.29) is 0 Å². The standard InChI is InChI=1S/C14H21N3O/c1-10-8-12(9-11(2)13(10)18)4-7-17-14-15-5-3-6-16-14/h8-9,18H,3-7H2,1-2H3,(H2,15,16,17). The van der Waals surface area contributed by atoms with E-state index in [4.69, 9.17) is 0 Å². The zero-order valence-electron chi connectivity index (χ0n) is 11.1. The Kier molecular flexibility index (Phi) is 4.07. The molecule has 0 radical (unpaired) electrons. The van der Waals surface area contributed by atoms with Crippen LogP contribution in [0.3, 0.4) is 0 Å². The van der Waals surface area contributed by atoms with Crippen molar-refractivity contribution in [2.75, 3.05) is 19.6 Å². The zero-order chi connectivity index (χ0) is 13.0. The predicted molar refractivity (Wildman–Crippen MR) is 74.2 cm³/mol. The fourth-order valence-corrected chi connectivity index (χ4v) is 2.17. The van der Waals surface area contributed by atoms with Gasteiger partial charge in [0.05, 0.1) is 0 Å². The van der Waals surface area contributed by atoms with Crippen LogP contribution in [0.4, 0.5) is 0 Å². The molecule has 0 aromatic heterocycles. The lowest BCUT2D eigenvalue weighted by Gasteiger charge is -2.16. The van der Waals surface area contributed by atoms with Gasteiger partial charge < -0.3 is 15.7 Å². The van der Waals surface area contributed by atoms with Crippen molar-refractivity contribution in [1.82, 2.24) is 10.6 Å². The minimum absolute atomic E-state index is 0.407. The van der Waals surface area contributed by atoms with Crippen LogP contribution in [0.5, 0.6) is 5.75 Å². The Bertz CT molecular complexity index is 431. The van der Waals surface area contributed by atoms with Crippen molar-refractivity contribution in [3.05, 3.63) is 28.8 Å². The third-order valence-corrected chi connectivity index (χ3v) is 3.15. The Labute approximate surface area is 108 Å². The van der Waals surface area contributed by atoms with Crippen LogP contribution in [0.1, 0.15) is 23.1 Å².